The predicted octanol–water partition coefficient (Wildman–Crippen LogP) is 2.23. The topological polar surface area (TPSA) is 163 Å². The van der Waals surface area contributed by atoms with Crippen LogP contribution in [0.5, 0.6) is 0 Å². The van der Waals surface area contributed by atoms with Gasteiger partial charge in [-0.2, -0.15) is 0 Å². The van der Waals surface area contributed by atoms with Crippen LogP contribution in [0, 0.1) is 11.3 Å². The summed E-state index contributed by atoms with van der Waals surface area (Å²) in [5.74, 6) is -4.23. The van der Waals surface area contributed by atoms with E-state index in [-0.39, 0.29) is 23.3 Å². The molecule has 39 heavy (non-hydrogen) atoms. The Labute approximate surface area is 227 Å². The van der Waals surface area contributed by atoms with Gasteiger partial charge in [0.15, 0.2) is 17.6 Å². The van der Waals surface area contributed by atoms with E-state index in [9.17, 15) is 34.2 Å². The number of carbonyl (C=O) groups is 5. The van der Waals surface area contributed by atoms with Crippen LogP contribution in [0.25, 0.3) is 0 Å². The molecule has 0 radical (unpaired) electrons. The van der Waals surface area contributed by atoms with Gasteiger partial charge in [-0.15, -0.1) is 0 Å². The normalized spacial score (nSPS) is 27.5. The Hall–Kier alpha value is -3.31. The van der Waals surface area contributed by atoms with Crippen molar-refractivity contribution in [3.63, 3.8) is 0 Å². The zero-order chi connectivity index (χ0) is 29.8. The molecule has 0 spiro atoms. The molecule has 216 valence electrons. The second-order valence-corrected chi connectivity index (χ2v) is 10.5. The Balaban J connectivity index is 2.96. The first-order chi connectivity index (χ1) is 18.0. The van der Waals surface area contributed by atoms with Gasteiger partial charge in [-0.3, -0.25) is 24.0 Å². The Bertz CT molecular complexity index is 1120. The molecule has 0 fully saturated rings. The zero-order valence-corrected chi connectivity index (χ0v) is 23.7. The average Bonchev–Trinajstić information content (AvgIpc) is 2.79. The number of rotatable bonds is 5. The van der Waals surface area contributed by atoms with Crippen molar-refractivity contribution < 1.29 is 53.1 Å². The molecule has 0 saturated carbocycles. The van der Waals surface area contributed by atoms with Gasteiger partial charge < -0.3 is 29.2 Å². The fourth-order valence-corrected chi connectivity index (χ4v) is 5.28. The van der Waals surface area contributed by atoms with Crippen molar-refractivity contribution in [2.45, 2.75) is 92.6 Å². The molecule has 0 saturated heterocycles. The summed E-state index contributed by atoms with van der Waals surface area (Å²) in [6, 6.07) is 0. The Kier molecular flexibility index (Phi) is 10.4. The van der Waals surface area contributed by atoms with Gasteiger partial charge in [0.05, 0.1) is 12.2 Å². The van der Waals surface area contributed by atoms with Crippen molar-refractivity contribution in [2.24, 2.45) is 11.3 Å². The third-order valence-corrected chi connectivity index (χ3v) is 7.18. The van der Waals surface area contributed by atoms with Gasteiger partial charge in [0.25, 0.3) is 0 Å². The molecule has 5 atom stereocenters. The number of hydrogen-bond acceptors (Lipinski definition) is 11. The van der Waals surface area contributed by atoms with Crippen LogP contribution >= 0.6 is 0 Å². The van der Waals surface area contributed by atoms with E-state index in [2.05, 4.69) is 0 Å². The average molecular weight is 551 g/mol. The summed E-state index contributed by atoms with van der Waals surface area (Å²) in [6.07, 6.45) is -4.07. The summed E-state index contributed by atoms with van der Waals surface area (Å²) in [7, 11) is 0. The lowest BCUT2D eigenvalue weighted by Crippen LogP contribution is -2.48. The number of aliphatic hydroxyl groups excluding tert-OH is 2. The van der Waals surface area contributed by atoms with Gasteiger partial charge in [-0.25, -0.2) is 0 Å². The number of Topliss-reactive ketones (excluding diaryl/α,β-unsaturated/α-hetero) is 1. The molecule has 0 heterocycles. The van der Waals surface area contributed by atoms with E-state index in [4.69, 9.17) is 18.9 Å². The van der Waals surface area contributed by atoms with Crippen molar-refractivity contribution in [3.05, 3.63) is 34.1 Å². The number of aliphatic hydroxyl groups is 2. The highest BCUT2D eigenvalue weighted by Gasteiger charge is 2.50. The third kappa shape index (κ3) is 7.63. The minimum absolute atomic E-state index is 0.0386. The van der Waals surface area contributed by atoms with Crippen LogP contribution in [0.2, 0.25) is 0 Å². The molecule has 0 aromatic rings. The Morgan fingerprint density at radius 3 is 2.03 bits per heavy atom. The van der Waals surface area contributed by atoms with Gasteiger partial charge in [-0.05, 0) is 48.5 Å². The Morgan fingerprint density at radius 1 is 0.923 bits per heavy atom. The zero-order valence-electron chi connectivity index (χ0n) is 23.7. The number of ether oxygens (including phenoxy) is 4. The molecular weight excluding hydrogens is 512 g/mol. The van der Waals surface area contributed by atoms with Crippen molar-refractivity contribution in [1.82, 2.24) is 0 Å². The smallest absolute Gasteiger partial charge is 0.307 e. The van der Waals surface area contributed by atoms with Crippen molar-refractivity contribution in [2.75, 3.05) is 6.61 Å². The molecule has 2 rings (SSSR count). The molecule has 0 aromatic carbocycles. The first-order valence-electron chi connectivity index (χ1n) is 12.6. The number of hydrogen-bond donors (Lipinski definition) is 2. The van der Waals surface area contributed by atoms with Gasteiger partial charge in [0, 0.05) is 45.6 Å². The summed E-state index contributed by atoms with van der Waals surface area (Å²) in [5.41, 5.74) is -0.0521. The van der Waals surface area contributed by atoms with Crippen LogP contribution in [0.4, 0.5) is 0 Å². The molecule has 0 aromatic heterocycles. The SMILES string of the molecule is CC(=O)OCC1=CC(O)C2CC(OC(C)=O)C(C)=C(C(OC(C)=O)C(OC(C)=O)=C(C)C(O)CC1=O)C2(C)C. The van der Waals surface area contributed by atoms with Crippen LogP contribution in [0.3, 0.4) is 0 Å². The van der Waals surface area contributed by atoms with Crippen LogP contribution in [0.15, 0.2) is 34.1 Å². The van der Waals surface area contributed by atoms with E-state index in [1.165, 1.54) is 33.8 Å². The lowest BCUT2D eigenvalue weighted by Gasteiger charge is -2.48. The first-order valence-corrected chi connectivity index (χ1v) is 12.6. The summed E-state index contributed by atoms with van der Waals surface area (Å²) in [4.78, 5) is 61.2. The summed E-state index contributed by atoms with van der Waals surface area (Å²) >= 11 is 0. The number of fused-ring (bicyclic) bond motifs is 2. The largest absolute Gasteiger partial charge is 0.461 e. The van der Waals surface area contributed by atoms with Gasteiger partial charge in [-0.1, -0.05) is 13.8 Å². The molecule has 11 heteroatoms. The second kappa shape index (κ2) is 12.7. The van der Waals surface area contributed by atoms with E-state index in [0.717, 1.165) is 6.92 Å². The molecule has 11 nitrogen and oxygen atoms in total. The van der Waals surface area contributed by atoms with Gasteiger partial charge >= 0.3 is 23.9 Å². The van der Waals surface area contributed by atoms with Crippen molar-refractivity contribution >= 4 is 29.7 Å². The monoisotopic (exact) mass is 550 g/mol. The fraction of sp³-hybridized carbons (Fsp3) is 0.607. The lowest BCUT2D eigenvalue weighted by atomic mass is 9.60. The first kappa shape index (κ1) is 31.9. The number of ketones is 1. The molecule has 0 amide bonds. The highest BCUT2D eigenvalue weighted by Crippen LogP contribution is 2.51. The van der Waals surface area contributed by atoms with Crippen LogP contribution in [0.1, 0.15) is 68.2 Å². The highest BCUT2D eigenvalue weighted by molar-refractivity contribution is 5.96. The van der Waals surface area contributed by atoms with E-state index in [1.54, 1.807) is 20.8 Å². The van der Waals surface area contributed by atoms with Crippen molar-refractivity contribution in [3.8, 4) is 0 Å². The predicted molar refractivity (Wildman–Crippen MR) is 137 cm³/mol. The maximum atomic E-state index is 13.2. The summed E-state index contributed by atoms with van der Waals surface area (Å²) in [6.45, 7) is 11.0. The standard InChI is InChI=1S/C28H38O11/c1-13-21(33)11-22(34)19(12-36-15(3)29)9-23(35)20-10-24(37-16(4)30)14(2)25(28(20,7)8)27(39-18(6)32)26(13)38-17(5)31/h9,20-21,23-24,27,33,35H,10-12H2,1-8H3. The van der Waals surface area contributed by atoms with E-state index < -0.39 is 78.4 Å². The molecule has 2 bridgehead atoms. The molecule has 2 aliphatic rings. The number of esters is 4. The van der Waals surface area contributed by atoms with Crippen LogP contribution in [-0.2, 0) is 42.9 Å². The number of carbonyl (C=O) groups excluding carboxylic acids is 5. The minimum atomic E-state index is -1.49. The van der Waals surface area contributed by atoms with Crippen LogP contribution in [-0.4, -0.2) is 70.9 Å². The third-order valence-electron chi connectivity index (χ3n) is 7.18. The quantitative estimate of drug-likeness (QED) is 0.293. The van der Waals surface area contributed by atoms with E-state index in [0.29, 0.717) is 11.1 Å². The van der Waals surface area contributed by atoms with Gasteiger partial charge in [0.1, 0.15) is 12.7 Å². The van der Waals surface area contributed by atoms with E-state index >= 15 is 0 Å². The summed E-state index contributed by atoms with van der Waals surface area (Å²) in [5, 5.41) is 22.5. The fourth-order valence-electron chi connectivity index (χ4n) is 5.28. The second-order valence-electron chi connectivity index (χ2n) is 10.5. The lowest BCUT2D eigenvalue weighted by molar-refractivity contribution is -0.151. The molecule has 5 unspecified atom stereocenters. The van der Waals surface area contributed by atoms with Crippen molar-refractivity contribution in [1.29, 1.82) is 0 Å². The Morgan fingerprint density at radius 2 is 1.51 bits per heavy atom. The van der Waals surface area contributed by atoms with E-state index in [1.807, 2.05) is 0 Å². The van der Waals surface area contributed by atoms with Crippen LogP contribution < -0.4 is 0 Å². The highest BCUT2D eigenvalue weighted by atomic mass is 16.6. The molecule has 2 N–H and O–H groups in total. The summed E-state index contributed by atoms with van der Waals surface area (Å²) < 4.78 is 21.8. The maximum absolute atomic E-state index is 13.2. The maximum Gasteiger partial charge on any atom is 0.307 e. The molecule has 0 aliphatic heterocycles. The molecule has 2 aliphatic carbocycles. The minimum Gasteiger partial charge on any atom is -0.461 e. The van der Waals surface area contributed by atoms with Gasteiger partial charge in [0.2, 0.25) is 0 Å². The molecular formula is C28H38O11.